The summed E-state index contributed by atoms with van der Waals surface area (Å²) in [6, 6.07) is 4.93. The minimum absolute atomic E-state index is 0.0988. The molecule has 21 heavy (non-hydrogen) atoms. The van der Waals surface area contributed by atoms with Gasteiger partial charge < -0.3 is 21.3 Å². The summed E-state index contributed by atoms with van der Waals surface area (Å²) >= 11 is 0. The minimum Gasteiger partial charge on any atom is -0.399 e. The van der Waals surface area contributed by atoms with E-state index in [4.69, 9.17) is 11.5 Å². The fourth-order valence-corrected chi connectivity index (χ4v) is 2.54. The Balaban J connectivity index is 2.08. The molecule has 6 nitrogen and oxygen atoms in total. The van der Waals surface area contributed by atoms with Gasteiger partial charge in [-0.2, -0.15) is 0 Å². The largest absolute Gasteiger partial charge is 0.399 e. The van der Waals surface area contributed by atoms with Crippen molar-refractivity contribution < 1.29 is 9.59 Å². The lowest BCUT2D eigenvalue weighted by molar-refractivity contribution is -0.130. The van der Waals surface area contributed by atoms with Crippen LogP contribution in [0.15, 0.2) is 18.2 Å². The number of nitrogen functional groups attached to an aromatic ring is 2. The summed E-state index contributed by atoms with van der Waals surface area (Å²) in [6.07, 6.45) is 1.28. The molecule has 2 amide bonds. The highest BCUT2D eigenvalue weighted by molar-refractivity contribution is 5.99. The van der Waals surface area contributed by atoms with Crippen molar-refractivity contribution in [1.29, 1.82) is 0 Å². The second kappa shape index (κ2) is 6.47. The van der Waals surface area contributed by atoms with E-state index in [1.54, 1.807) is 23.1 Å². The number of rotatable bonds is 2. The van der Waals surface area contributed by atoms with E-state index in [9.17, 15) is 9.59 Å². The van der Waals surface area contributed by atoms with Crippen molar-refractivity contribution in [1.82, 2.24) is 9.80 Å². The van der Waals surface area contributed by atoms with E-state index in [1.807, 2.05) is 11.8 Å². The Kier molecular flexibility index (Phi) is 4.67. The van der Waals surface area contributed by atoms with Gasteiger partial charge in [-0.1, -0.05) is 6.92 Å². The van der Waals surface area contributed by atoms with Crippen molar-refractivity contribution in [3.63, 3.8) is 0 Å². The van der Waals surface area contributed by atoms with Gasteiger partial charge in [0.1, 0.15) is 0 Å². The van der Waals surface area contributed by atoms with E-state index < -0.39 is 0 Å². The molecule has 0 aromatic heterocycles. The van der Waals surface area contributed by atoms with Gasteiger partial charge in [-0.25, -0.2) is 0 Å². The van der Waals surface area contributed by atoms with E-state index >= 15 is 0 Å². The predicted octanol–water partition coefficient (Wildman–Crippen LogP) is 0.936. The lowest BCUT2D eigenvalue weighted by Gasteiger charge is -2.22. The molecular weight excluding hydrogens is 268 g/mol. The maximum Gasteiger partial charge on any atom is 0.256 e. The fraction of sp³-hybridized carbons (Fsp3) is 0.467. The number of carbonyl (C=O) groups is 2. The van der Waals surface area contributed by atoms with Crippen LogP contribution < -0.4 is 11.5 Å². The molecule has 1 aliphatic rings. The fourth-order valence-electron chi connectivity index (χ4n) is 2.54. The SMILES string of the molecule is CCC(=O)N1CCCN(C(=O)c2ccc(N)cc2N)CC1. The summed E-state index contributed by atoms with van der Waals surface area (Å²) in [6.45, 7) is 4.30. The number of anilines is 2. The highest BCUT2D eigenvalue weighted by Gasteiger charge is 2.23. The number of nitrogens with two attached hydrogens (primary N) is 2. The first-order chi connectivity index (χ1) is 10.0. The van der Waals surface area contributed by atoms with Crippen molar-refractivity contribution in [2.75, 3.05) is 37.6 Å². The molecule has 1 saturated heterocycles. The lowest BCUT2D eigenvalue weighted by atomic mass is 10.1. The number of benzene rings is 1. The molecule has 0 aliphatic carbocycles. The van der Waals surface area contributed by atoms with Crippen molar-refractivity contribution in [3.8, 4) is 0 Å². The lowest BCUT2D eigenvalue weighted by Crippen LogP contribution is -2.37. The quantitative estimate of drug-likeness (QED) is 0.793. The topological polar surface area (TPSA) is 92.7 Å². The van der Waals surface area contributed by atoms with Crippen molar-refractivity contribution in [3.05, 3.63) is 23.8 Å². The van der Waals surface area contributed by atoms with Gasteiger partial charge in [0.15, 0.2) is 0 Å². The first-order valence-electron chi connectivity index (χ1n) is 7.25. The van der Waals surface area contributed by atoms with E-state index in [1.165, 1.54) is 0 Å². The Morgan fingerprint density at radius 1 is 1.10 bits per heavy atom. The molecule has 0 saturated carbocycles. The molecule has 1 fully saturated rings. The zero-order chi connectivity index (χ0) is 15.4. The average molecular weight is 290 g/mol. The zero-order valence-electron chi connectivity index (χ0n) is 12.3. The van der Waals surface area contributed by atoms with Crippen LogP contribution in [0.3, 0.4) is 0 Å². The summed E-state index contributed by atoms with van der Waals surface area (Å²) in [5, 5.41) is 0. The molecule has 6 heteroatoms. The van der Waals surface area contributed by atoms with Gasteiger partial charge >= 0.3 is 0 Å². The highest BCUT2D eigenvalue weighted by atomic mass is 16.2. The van der Waals surface area contributed by atoms with Crippen molar-refractivity contribution in [2.24, 2.45) is 0 Å². The molecule has 114 valence electrons. The maximum atomic E-state index is 12.5. The first kappa shape index (κ1) is 15.2. The molecule has 0 spiro atoms. The number of carbonyl (C=O) groups excluding carboxylic acids is 2. The molecular formula is C15H22N4O2. The first-order valence-corrected chi connectivity index (χ1v) is 7.25. The van der Waals surface area contributed by atoms with Gasteiger partial charge in [-0.3, -0.25) is 9.59 Å². The third-order valence-corrected chi connectivity index (χ3v) is 3.74. The number of amides is 2. The smallest absolute Gasteiger partial charge is 0.256 e. The highest BCUT2D eigenvalue weighted by Crippen LogP contribution is 2.18. The van der Waals surface area contributed by atoms with Crippen LogP contribution in [0.2, 0.25) is 0 Å². The van der Waals surface area contributed by atoms with Crippen LogP contribution in [0.1, 0.15) is 30.1 Å². The number of nitrogens with zero attached hydrogens (tertiary/aromatic N) is 2. The van der Waals surface area contributed by atoms with Crippen LogP contribution >= 0.6 is 0 Å². The van der Waals surface area contributed by atoms with Gasteiger partial charge in [0.25, 0.3) is 5.91 Å². The van der Waals surface area contributed by atoms with E-state index in [2.05, 4.69) is 0 Å². The molecule has 0 unspecified atom stereocenters. The monoisotopic (exact) mass is 290 g/mol. The zero-order valence-corrected chi connectivity index (χ0v) is 12.3. The molecule has 0 radical (unpaired) electrons. The maximum absolute atomic E-state index is 12.5. The molecule has 2 rings (SSSR count). The second-order valence-electron chi connectivity index (χ2n) is 5.23. The van der Waals surface area contributed by atoms with Gasteiger partial charge in [0, 0.05) is 44.0 Å². The number of hydrogen-bond donors (Lipinski definition) is 2. The van der Waals surface area contributed by atoms with Crippen LogP contribution in [0, 0.1) is 0 Å². The molecule has 1 heterocycles. The summed E-state index contributed by atoms with van der Waals surface area (Å²) in [7, 11) is 0. The van der Waals surface area contributed by atoms with Crippen LogP contribution in [0.25, 0.3) is 0 Å². The van der Waals surface area contributed by atoms with Crippen molar-refractivity contribution in [2.45, 2.75) is 19.8 Å². The molecule has 0 atom stereocenters. The molecule has 1 aromatic rings. The Morgan fingerprint density at radius 3 is 2.43 bits per heavy atom. The van der Waals surface area contributed by atoms with E-state index in [-0.39, 0.29) is 11.8 Å². The van der Waals surface area contributed by atoms with E-state index in [0.29, 0.717) is 49.5 Å². The summed E-state index contributed by atoms with van der Waals surface area (Å²) in [4.78, 5) is 27.9. The van der Waals surface area contributed by atoms with Gasteiger partial charge in [-0.05, 0) is 24.6 Å². The Hall–Kier alpha value is -2.24. The summed E-state index contributed by atoms with van der Waals surface area (Å²) < 4.78 is 0. The van der Waals surface area contributed by atoms with Gasteiger partial charge in [-0.15, -0.1) is 0 Å². The van der Waals surface area contributed by atoms with Crippen LogP contribution in [-0.2, 0) is 4.79 Å². The van der Waals surface area contributed by atoms with Crippen LogP contribution in [0.4, 0.5) is 11.4 Å². The third-order valence-electron chi connectivity index (χ3n) is 3.74. The summed E-state index contributed by atoms with van der Waals surface area (Å²) in [5.74, 6) is 0.0367. The molecule has 4 N–H and O–H groups in total. The van der Waals surface area contributed by atoms with E-state index in [0.717, 1.165) is 6.42 Å². The third kappa shape index (κ3) is 3.45. The molecule has 1 aliphatic heterocycles. The van der Waals surface area contributed by atoms with Gasteiger partial charge in [0.2, 0.25) is 5.91 Å². The Labute approximate surface area is 124 Å². The predicted molar refractivity (Wildman–Crippen MR) is 82.7 cm³/mol. The Morgan fingerprint density at radius 2 is 1.76 bits per heavy atom. The standard InChI is InChI=1S/C15H22N4O2/c1-2-14(20)18-6-3-7-19(9-8-18)15(21)12-5-4-11(16)10-13(12)17/h4-5,10H,2-3,6-9,16-17H2,1H3. The normalized spacial score (nSPS) is 15.7. The Bertz CT molecular complexity index is 544. The van der Waals surface area contributed by atoms with Gasteiger partial charge in [0.05, 0.1) is 5.56 Å². The van der Waals surface area contributed by atoms with Crippen LogP contribution in [0.5, 0.6) is 0 Å². The minimum atomic E-state index is -0.0988. The average Bonchev–Trinajstić information content (AvgIpc) is 2.71. The molecule has 1 aromatic carbocycles. The molecule has 0 bridgehead atoms. The van der Waals surface area contributed by atoms with Crippen molar-refractivity contribution >= 4 is 23.2 Å². The second-order valence-corrected chi connectivity index (χ2v) is 5.23. The summed E-state index contributed by atoms with van der Waals surface area (Å²) in [5.41, 5.74) is 12.9. The van der Waals surface area contributed by atoms with Crippen LogP contribution in [-0.4, -0.2) is 47.8 Å². The number of hydrogen-bond acceptors (Lipinski definition) is 4.